The van der Waals surface area contributed by atoms with Crippen LogP contribution in [0.5, 0.6) is 0 Å². The summed E-state index contributed by atoms with van der Waals surface area (Å²) in [6, 6.07) is 56.0. The van der Waals surface area contributed by atoms with Crippen molar-refractivity contribution in [3.8, 4) is 0 Å². The average molecular weight is 811 g/mol. The Morgan fingerprint density at radius 1 is 0.473 bits per heavy atom. The van der Waals surface area contributed by atoms with Gasteiger partial charge in [-0.15, -0.1) is 0 Å². The van der Waals surface area contributed by atoms with Crippen molar-refractivity contribution in [2.45, 2.75) is 72.1 Å². The Bertz CT molecular complexity index is 1750. The molecule has 0 amide bonds. The average Bonchev–Trinajstić information content (AvgIpc) is 3.20. The molecular weight excluding hydrogens is 754 g/mol. The monoisotopic (exact) mass is 810 g/mol. The molecule has 6 aromatic rings. The van der Waals surface area contributed by atoms with Gasteiger partial charge in [0.2, 0.25) is 0 Å². The first-order valence-corrected chi connectivity index (χ1v) is 19.7. The predicted octanol–water partition coefficient (Wildman–Crippen LogP) is 10.9. The number of rotatable bonds is 8. The Kier molecular flexibility index (Phi) is 18.0. The van der Waals surface area contributed by atoms with Gasteiger partial charge in [0, 0.05) is 25.7 Å². The van der Waals surface area contributed by atoms with Gasteiger partial charge in [-0.3, -0.25) is 9.98 Å². The molecule has 1 saturated carbocycles. The largest absolute Gasteiger partial charge is 0.255 e. The van der Waals surface area contributed by atoms with Crippen molar-refractivity contribution >= 4 is 39.4 Å². The maximum Gasteiger partial charge on any atom is 0.108 e. The van der Waals surface area contributed by atoms with Gasteiger partial charge in [-0.1, -0.05) is 173 Å². The molecular formula is C51H56BN2Rh-. The Labute approximate surface area is 345 Å². The van der Waals surface area contributed by atoms with Crippen molar-refractivity contribution in [2.24, 2.45) is 4.99 Å². The van der Waals surface area contributed by atoms with E-state index < -0.39 is 6.15 Å². The van der Waals surface area contributed by atoms with Crippen LogP contribution in [0.15, 0.2) is 169 Å². The summed E-state index contributed by atoms with van der Waals surface area (Å²) >= 11 is 0. The van der Waals surface area contributed by atoms with Gasteiger partial charge in [0.1, 0.15) is 6.15 Å². The smallest absolute Gasteiger partial charge is 0.108 e. The van der Waals surface area contributed by atoms with Crippen LogP contribution in [0, 0.1) is 25.7 Å². The molecule has 1 heterocycles. The standard InChI is InChI=1S/C24H20B.C19H24N2.C8H12.Rh/c1-5-13-21(14-6-1)25(22-15-7-2-8-16-22,23-17-9-3-10-18-23)24-19-11-4-12-20-24;1-13(2)16-9-8-10-17(14(3)4)19(16)21-15(5)18-11-6-7-12-20-18;1-2-4-6-8-7-5-3-1;/h1-20H;6-14H,1-5H3;1-2,7-8H,3-6H2;/q-1;;;. The third kappa shape index (κ3) is 11.8. The van der Waals surface area contributed by atoms with E-state index >= 15 is 0 Å². The van der Waals surface area contributed by atoms with Crippen molar-refractivity contribution < 1.29 is 19.5 Å². The van der Waals surface area contributed by atoms with E-state index in [4.69, 9.17) is 4.99 Å². The molecule has 5 aromatic carbocycles. The molecule has 5 radical (unpaired) electrons. The predicted molar refractivity (Wildman–Crippen MR) is 236 cm³/mol. The van der Waals surface area contributed by atoms with Crippen molar-refractivity contribution in [1.82, 2.24) is 4.98 Å². The molecule has 0 atom stereocenters. The van der Waals surface area contributed by atoms with Crippen LogP contribution in [0.4, 0.5) is 5.69 Å². The maximum absolute atomic E-state index is 4.93. The Hall–Kier alpha value is -4.39. The Balaban J connectivity index is 0.000000203. The van der Waals surface area contributed by atoms with Gasteiger partial charge < -0.3 is 0 Å². The number of hydrogen-bond acceptors (Lipinski definition) is 2. The third-order valence-corrected chi connectivity index (χ3v) is 10.2. The minimum Gasteiger partial charge on any atom is -0.255 e. The molecule has 2 nitrogen and oxygen atoms in total. The third-order valence-electron chi connectivity index (χ3n) is 10.2. The van der Waals surface area contributed by atoms with E-state index in [0.717, 1.165) is 17.1 Å². The molecule has 1 fully saturated rings. The van der Waals surface area contributed by atoms with Crippen LogP contribution in [-0.4, -0.2) is 16.8 Å². The van der Waals surface area contributed by atoms with E-state index in [2.05, 4.69) is 198 Å². The molecule has 0 spiro atoms. The molecule has 283 valence electrons. The van der Waals surface area contributed by atoms with Crippen molar-refractivity contribution in [3.63, 3.8) is 0 Å². The van der Waals surface area contributed by atoms with Gasteiger partial charge in [-0.2, -0.15) is 21.9 Å². The second-order valence-corrected chi connectivity index (χ2v) is 14.6. The molecule has 0 aliphatic heterocycles. The van der Waals surface area contributed by atoms with Gasteiger partial charge in [0.15, 0.2) is 0 Å². The molecule has 1 aliphatic rings. The zero-order chi connectivity index (χ0) is 38.0. The fraction of sp³-hybridized carbons (Fsp3) is 0.216. The summed E-state index contributed by atoms with van der Waals surface area (Å²) in [7, 11) is 0. The zero-order valence-corrected chi connectivity index (χ0v) is 34.8. The SMILES string of the molecule is CC(=Nc1c(C(C)C)cccc1C(C)C)c1ccccn1.[CH]1[CH]CC[CH][CH]CC1.[Rh].c1ccc([B-](c2ccccc2)(c2ccccc2)c2ccccc2)cc1. The summed E-state index contributed by atoms with van der Waals surface area (Å²) in [5, 5.41) is 0. The van der Waals surface area contributed by atoms with E-state index in [1.165, 1.54) is 58.7 Å². The van der Waals surface area contributed by atoms with Crippen LogP contribution in [0.2, 0.25) is 0 Å². The van der Waals surface area contributed by atoms with Crippen molar-refractivity contribution in [3.05, 3.63) is 206 Å². The second-order valence-electron chi connectivity index (χ2n) is 14.6. The number of aliphatic imine (C=N–C) groups is 1. The van der Waals surface area contributed by atoms with Gasteiger partial charge in [0.05, 0.1) is 17.1 Å². The summed E-state index contributed by atoms with van der Waals surface area (Å²) in [4.78, 5) is 9.32. The minimum atomic E-state index is -1.22. The number of hydrogen-bond donors (Lipinski definition) is 0. The zero-order valence-electron chi connectivity index (χ0n) is 33.2. The van der Waals surface area contributed by atoms with E-state index in [9.17, 15) is 0 Å². The number of para-hydroxylation sites is 1. The summed E-state index contributed by atoms with van der Waals surface area (Å²) in [6.07, 6.45) is 14.6. The molecule has 4 heteroatoms. The Morgan fingerprint density at radius 3 is 1.13 bits per heavy atom. The van der Waals surface area contributed by atoms with Crippen LogP contribution in [0.1, 0.15) is 89.0 Å². The normalized spacial score (nSPS) is 13.3. The fourth-order valence-corrected chi connectivity index (χ4v) is 7.42. The van der Waals surface area contributed by atoms with Crippen molar-refractivity contribution in [2.75, 3.05) is 0 Å². The van der Waals surface area contributed by atoms with Crippen LogP contribution in [0.25, 0.3) is 0 Å². The molecule has 7 rings (SSSR count). The topological polar surface area (TPSA) is 25.2 Å². The molecule has 0 saturated heterocycles. The first kappa shape index (κ1) is 43.3. The van der Waals surface area contributed by atoms with E-state index in [1.54, 1.807) is 0 Å². The van der Waals surface area contributed by atoms with Crippen LogP contribution in [0.3, 0.4) is 0 Å². The molecule has 0 N–H and O–H groups in total. The Morgan fingerprint density at radius 2 is 0.818 bits per heavy atom. The number of nitrogens with zero attached hydrogens (tertiary/aromatic N) is 2. The van der Waals surface area contributed by atoms with Crippen LogP contribution in [-0.2, 0) is 19.5 Å². The molecule has 55 heavy (non-hydrogen) atoms. The minimum absolute atomic E-state index is 0. The number of benzene rings is 5. The summed E-state index contributed by atoms with van der Waals surface area (Å²) in [5.41, 5.74) is 11.0. The maximum atomic E-state index is 4.93. The quantitative estimate of drug-likeness (QED) is 0.111. The summed E-state index contributed by atoms with van der Waals surface area (Å²) < 4.78 is 0. The van der Waals surface area contributed by atoms with Crippen LogP contribution >= 0.6 is 0 Å². The summed E-state index contributed by atoms with van der Waals surface area (Å²) in [5.74, 6) is 0.915. The first-order chi connectivity index (χ1) is 26.4. The second kappa shape index (κ2) is 22.9. The fourth-order valence-electron chi connectivity index (χ4n) is 7.42. The van der Waals surface area contributed by atoms with E-state index in [-0.39, 0.29) is 19.5 Å². The summed E-state index contributed by atoms with van der Waals surface area (Å²) in [6.45, 7) is 10.9. The molecule has 0 bridgehead atoms. The van der Waals surface area contributed by atoms with Gasteiger partial charge in [-0.25, -0.2) is 0 Å². The molecule has 1 aliphatic carbocycles. The number of aromatic nitrogens is 1. The first-order valence-electron chi connectivity index (χ1n) is 19.7. The number of pyridine rings is 1. The van der Waals surface area contributed by atoms with Gasteiger partial charge >= 0.3 is 0 Å². The van der Waals surface area contributed by atoms with Gasteiger partial charge in [-0.05, 0) is 93.4 Å². The molecule has 0 unspecified atom stereocenters. The molecule has 1 aromatic heterocycles. The van der Waals surface area contributed by atoms with Gasteiger partial charge in [0.25, 0.3) is 0 Å². The van der Waals surface area contributed by atoms with E-state index in [1.807, 2.05) is 31.3 Å². The van der Waals surface area contributed by atoms with Crippen LogP contribution < -0.4 is 21.9 Å². The van der Waals surface area contributed by atoms with E-state index in [0.29, 0.717) is 11.8 Å². The van der Waals surface area contributed by atoms with Crippen molar-refractivity contribution in [1.29, 1.82) is 0 Å².